The molecule has 122 valence electrons. The van der Waals surface area contributed by atoms with Crippen molar-refractivity contribution in [2.45, 2.75) is 26.3 Å². The van der Waals surface area contributed by atoms with Crippen molar-refractivity contribution in [2.24, 2.45) is 7.05 Å². The fraction of sp³-hybridized carbons (Fsp3) is 0.643. The second-order valence-electron chi connectivity index (χ2n) is 5.33. The van der Waals surface area contributed by atoms with Crippen LogP contribution in [0.2, 0.25) is 0 Å². The molecule has 0 bridgehead atoms. The van der Waals surface area contributed by atoms with Gasteiger partial charge in [-0.15, -0.1) is 0 Å². The van der Waals surface area contributed by atoms with Crippen molar-refractivity contribution in [3.05, 3.63) is 11.4 Å². The van der Waals surface area contributed by atoms with Crippen LogP contribution in [0.15, 0.2) is 0 Å². The van der Waals surface area contributed by atoms with Crippen LogP contribution < -0.4 is 4.74 Å². The highest BCUT2D eigenvalue weighted by Crippen LogP contribution is 2.21. The smallest absolute Gasteiger partial charge is 0.305 e. The van der Waals surface area contributed by atoms with E-state index in [0.29, 0.717) is 18.9 Å². The summed E-state index contributed by atoms with van der Waals surface area (Å²) in [4.78, 5) is 24.7. The molecule has 1 aliphatic heterocycles. The summed E-state index contributed by atoms with van der Waals surface area (Å²) in [5, 5.41) is 13.1. The van der Waals surface area contributed by atoms with Gasteiger partial charge >= 0.3 is 5.97 Å². The third kappa shape index (κ3) is 3.56. The molecule has 0 aromatic carbocycles. The number of carboxylic acids is 1. The maximum Gasteiger partial charge on any atom is 0.305 e. The van der Waals surface area contributed by atoms with E-state index < -0.39 is 12.0 Å². The van der Waals surface area contributed by atoms with Crippen LogP contribution in [0.4, 0.5) is 0 Å². The molecule has 8 nitrogen and oxygen atoms in total. The van der Waals surface area contributed by atoms with Gasteiger partial charge in [-0.1, -0.05) is 0 Å². The zero-order valence-corrected chi connectivity index (χ0v) is 13.0. The van der Waals surface area contributed by atoms with Crippen molar-refractivity contribution in [2.75, 3.05) is 26.4 Å². The van der Waals surface area contributed by atoms with Gasteiger partial charge < -0.3 is 19.5 Å². The molecule has 1 aromatic rings. The van der Waals surface area contributed by atoms with Gasteiger partial charge in [-0.05, 0) is 13.8 Å². The van der Waals surface area contributed by atoms with Gasteiger partial charge in [0.1, 0.15) is 5.69 Å². The van der Waals surface area contributed by atoms with Crippen LogP contribution in [0, 0.1) is 13.8 Å². The summed E-state index contributed by atoms with van der Waals surface area (Å²) in [6.45, 7) is 4.57. The second kappa shape index (κ2) is 6.78. The van der Waals surface area contributed by atoms with Gasteiger partial charge in [-0.25, -0.2) is 0 Å². The van der Waals surface area contributed by atoms with E-state index in [9.17, 15) is 9.59 Å². The number of carbonyl (C=O) groups is 2. The fourth-order valence-corrected chi connectivity index (χ4v) is 2.53. The lowest BCUT2D eigenvalue weighted by Crippen LogP contribution is -2.51. The van der Waals surface area contributed by atoms with Gasteiger partial charge in [0.25, 0.3) is 5.91 Å². The van der Waals surface area contributed by atoms with Crippen molar-refractivity contribution < 1.29 is 24.2 Å². The number of carboxylic acid groups (broad SMARTS) is 1. The Labute approximate surface area is 128 Å². The molecule has 1 amide bonds. The number of morpholine rings is 1. The van der Waals surface area contributed by atoms with Crippen molar-refractivity contribution >= 4 is 11.9 Å². The highest BCUT2D eigenvalue weighted by molar-refractivity contribution is 5.79. The van der Waals surface area contributed by atoms with Crippen molar-refractivity contribution in [1.29, 1.82) is 0 Å². The first-order chi connectivity index (χ1) is 10.4. The Kier molecular flexibility index (Phi) is 5.02. The minimum Gasteiger partial charge on any atom is -0.481 e. The molecule has 0 aliphatic carbocycles. The van der Waals surface area contributed by atoms with Crippen LogP contribution >= 0.6 is 0 Å². The highest BCUT2D eigenvalue weighted by Gasteiger charge is 2.29. The molecule has 0 spiro atoms. The number of aliphatic carboxylic acids is 1. The number of rotatable bonds is 5. The minimum absolute atomic E-state index is 0.128. The zero-order valence-electron chi connectivity index (χ0n) is 13.0. The minimum atomic E-state index is -0.951. The van der Waals surface area contributed by atoms with Crippen LogP contribution in [0.25, 0.3) is 0 Å². The van der Waals surface area contributed by atoms with Gasteiger partial charge in [0.15, 0.2) is 12.4 Å². The molecule has 8 heteroatoms. The molecule has 0 saturated carbocycles. The third-order valence-electron chi connectivity index (χ3n) is 3.74. The molecule has 22 heavy (non-hydrogen) atoms. The average molecular weight is 311 g/mol. The number of carbonyl (C=O) groups excluding carboxylic acids is 1. The fourth-order valence-electron chi connectivity index (χ4n) is 2.53. The Morgan fingerprint density at radius 3 is 2.77 bits per heavy atom. The van der Waals surface area contributed by atoms with Crippen molar-refractivity contribution in [3.8, 4) is 5.75 Å². The molecule has 0 unspecified atom stereocenters. The number of amides is 1. The molecule has 1 fully saturated rings. The standard InChI is InChI=1S/C14H21N3O5/c1-9-14(10(2)16(3)15-9)22-8-12(18)17-4-5-21-7-11(17)6-13(19)20/h11H,4-8H2,1-3H3,(H,19,20)/t11-/m0/s1. The number of nitrogens with zero attached hydrogens (tertiary/aromatic N) is 3. The van der Waals surface area contributed by atoms with Crippen molar-refractivity contribution in [1.82, 2.24) is 14.7 Å². The second-order valence-corrected chi connectivity index (χ2v) is 5.33. The molecule has 1 saturated heterocycles. The average Bonchev–Trinajstić information content (AvgIpc) is 2.70. The number of ether oxygens (including phenoxy) is 2. The summed E-state index contributed by atoms with van der Waals surface area (Å²) >= 11 is 0. The quantitative estimate of drug-likeness (QED) is 0.830. The first-order valence-electron chi connectivity index (χ1n) is 7.12. The number of aryl methyl sites for hydroxylation is 2. The normalized spacial score (nSPS) is 18.3. The van der Waals surface area contributed by atoms with Gasteiger partial charge in [0.2, 0.25) is 0 Å². The number of aromatic nitrogens is 2. The summed E-state index contributed by atoms with van der Waals surface area (Å²) in [7, 11) is 1.81. The van der Waals surface area contributed by atoms with Crippen LogP contribution in [0.1, 0.15) is 17.8 Å². The monoisotopic (exact) mass is 311 g/mol. The van der Waals surface area contributed by atoms with Crippen LogP contribution in [-0.4, -0.2) is 64.1 Å². The predicted molar refractivity (Wildman–Crippen MR) is 76.7 cm³/mol. The molecule has 2 rings (SSSR count). The molecule has 1 aliphatic rings. The lowest BCUT2D eigenvalue weighted by molar-refractivity contribution is -0.147. The Hall–Kier alpha value is -2.09. The Balaban J connectivity index is 1.99. The summed E-state index contributed by atoms with van der Waals surface area (Å²) in [6.07, 6.45) is -0.128. The van der Waals surface area contributed by atoms with E-state index >= 15 is 0 Å². The zero-order chi connectivity index (χ0) is 16.3. The molecule has 2 heterocycles. The topological polar surface area (TPSA) is 93.9 Å². The molecule has 1 N–H and O–H groups in total. The van der Waals surface area contributed by atoms with E-state index in [-0.39, 0.29) is 25.5 Å². The predicted octanol–water partition coefficient (Wildman–Crippen LogP) is 0.118. The summed E-state index contributed by atoms with van der Waals surface area (Å²) in [5.41, 5.74) is 1.56. The first-order valence-corrected chi connectivity index (χ1v) is 7.12. The number of hydrogen-bond acceptors (Lipinski definition) is 5. The van der Waals surface area contributed by atoms with E-state index in [2.05, 4.69) is 5.10 Å². The maximum atomic E-state index is 12.3. The lowest BCUT2D eigenvalue weighted by Gasteiger charge is -2.34. The van der Waals surface area contributed by atoms with E-state index in [1.54, 1.807) is 4.68 Å². The Bertz CT molecular complexity index is 569. The van der Waals surface area contributed by atoms with E-state index in [4.69, 9.17) is 14.6 Å². The lowest BCUT2D eigenvalue weighted by atomic mass is 10.1. The Morgan fingerprint density at radius 2 is 2.18 bits per heavy atom. The van der Waals surface area contributed by atoms with Gasteiger partial charge in [0.05, 0.1) is 31.4 Å². The highest BCUT2D eigenvalue weighted by atomic mass is 16.5. The van der Waals surface area contributed by atoms with Crippen LogP contribution in [0.5, 0.6) is 5.75 Å². The summed E-state index contributed by atoms with van der Waals surface area (Å²) in [6, 6.07) is -0.446. The maximum absolute atomic E-state index is 12.3. The van der Waals surface area contributed by atoms with Gasteiger partial charge in [-0.3, -0.25) is 14.3 Å². The van der Waals surface area contributed by atoms with E-state index in [1.807, 2.05) is 20.9 Å². The van der Waals surface area contributed by atoms with Crippen LogP contribution in [0.3, 0.4) is 0 Å². The Morgan fingerprint density at radius 1 is 1.45 bits per heavy atom. The van der Waals surface area contributed by atoms with E-state index in [0.717, 1.165) is 11.4 Å². The summed E-state index contributed by atoms with van der Waals surface area (Å²) in [5.74, 6) is -0.593. The number of hydrogen-bond donors (Lipinski definition) is 1. The molecular weight excluding hydrogens is 290 g/mol. The van der Waals surface area contributed by atoms with E-state index in [1.165, 1.54) is 4.90 Å². The van der Waals surface area contributed by atoms with Crippen LogP contribution in [-0.2, 0) is 21.4 Å². The van der Waals surface area contributed by atoms with Crippen molar-refractivity contribution in [3.63, 3.8) is 0 Å². The SMILES string of the molecule is Cc1nn(C)c(C)c1OCC(=O)N1CCOC[C@@H]1CC(=O)O. The molecular formula is C14H21N3O5. The molecule has 0 radical (unpaired) electrons. The van der Waals surface area contributed by atoms with Gasteiger partial charge in [-0.2, -0.15) is 5.10 Å². The summed E-state index contributed by atoms with van der Waals surface area (Å²) < 4.78 is 12.5. The third-order valence-corrected chi connectivity index (χ3v) is 3.74. The molecule has 1 atom stereocenters. The van der Waals surface area contributed by atoms with Gasteiger partial charge in [0, 0.05) is 13.6 Å². The largest absolute Gasteiger partial charge is 0.481 e. The molecule has 1 aromatic heterocycles. The first kappa shape index (κ1) is 16.3.